The van der Waals surface area contributed by atoms with Crippen molar-refractivity contribution < 1.29 is 14.3 Å². The van der Waals surface area contributed by atoms with Crippen LogP contribution in [0.3, 0.4) is 0 Å². The van der Waals surface area contributed by atoms with Crippen molar-refractivity contribution in [3.05, 3.63) is 73.2 Å². The summed E-state index contributed by atoms with van der Waals surface area (Å²) in [5, 5.41) is 4.37. The first kappa shape index (κ1) is 18.5. The van der Waals surface area contributed by atoms with E-state index in [1.165, 1.54) is 4.52 Å². The fourth-order valence-electron chi connectivity index (χ4n) is 3.80. The maximum Gasteiger partial charge on any atom is 0.291 e. The first-order valence-electron chi connectivity index (χ1n) is 9.41. The second-order valence-corrected chi connectivity index (χ2v) is 9.06. The smallest absolute Gasteiger partial charge is 0.291 e. The topological polar surface area (TPSA) is 86.0 Å². The van der Waals surface area contributed by atoms with Gasteiger partial charge in [-0.1, -0.05) is 39.4 Å². The molecule has 0 N–H and O–H groups in total. The number of aromatic nitrogens is 3. The van der Waals surface area contributed by atoms with Crippen LogP contribution in [0.2, 0.25) is 0 Å². The van der Waals surface area contributed by atoms with Crippen LogP contribution in [-0.4, -0.2) is 34.2 Å². The lowest BCUT2D eigenvalue weighted by Gasteiger charge is -2.24. The van der Waals surface area contributed by atoms with Crippen LogP contribution in [0.5, 0.6) is 11.5 Å². The number of para-hydroxylation sites is 2. The molecule has 10 heteroatoms. The van der Waals surface area contributed by atoms with E-state index in [2.05, 4.69) is 26.0 Å². The fraction of sp³-hybridized carbons (Fsp3) is 0.143. The highest BCUT2D eigenvalue weighted by Crippen LogP contribution is 2.37. The van der Waals surface area contributed by atoms with E-state index in [0.29, 0.717) is 38.0 Å². The number of anilines is 1. The Morgan fingerprint density at radius 1 is 1.16 bits per heavy atom. The van der Waals surface area contributed by atoms with Crippen LogP contribution in [0.1, 0.15) is 17.5 Å². The molecule has 0 aliphatic carbocycles. The third-order valence-electron chi connectivity index (χ3n) is 5.31. The minimum absolute atomic E-state index is 0.226. The summed E-state index contributed by atoms with van der Waals surface area (Å²) in [5.41, 5.74) is 1.47. The van der Waals surface area contributed by atoms with Crippen LogP contribution in [0, 0.1) is 0 Å². The lowest BCUT2D eigenvalue weighted by atomic mass is 10.1. The maximum absolute atomic E-state index is 13.2. The van der Waals surface area contributed by atoms with Gasteiger partial charge in [-0.05, 0) is 30.3 Å². The number of carbonyl (C=O) groups excluding carboxylic acids is 1. The molecule has 0 fully saturated rings. The molecule has 0 saturated carbocycles. The van der Waals surface area contributed by atoms with E-state index in [-0.39, 0.29) is 18.1 Å². The van der Waals surface area contributed by atoms with E-state index < -0.39 is 6.10 Å². The third kappa shape index (κ3) is 2.71. The van der Waals surface area contributed by atoms with Gasteiger partial charge in [-0.2, -0.15) is 9.50 Å². The molecule has 8 nitrogen and oxygen atoms in total. The molecule has 0 radical (unpaired) electrons. The zero-order chi connectivity index (χ0) is 21.3. The Labute approximate surface area is 187 Å². The number of thiazole rings is 1. The summed E-state index contributed by atoms with van der Waals surface area (Å²) in [5.74, 6) is 1.41. The van der Waals surface area contributed by atoms with Crippen LogP contribution in [0.4, 0.5) is 5.69 Å². The number of likely N-dealkylation sites (N-methyl/N-ethyl adjacent to an activating group) is 1. The molecule has 1 amide bonds. The Kier molecular flexibility index (Phi) is 3.96. The molecular weight excluding hydrogens is 484 g/mol. The van der Waals surface area contributed by atoms with E-state index >= 15 is 0 Å². The molecule has 2 aliphatic rings. The van der Waals surface area contributed by atoms with Gasteiger partial charge in [-0.15, -0.1) is 5.10 Å². The Morgan fingerprint density at radius 3 is 2.77 bits per heavy atom. The summed E-state index contributed by atoms with van der Waals surface area (Å²) < 4.78 is 14.1. The Hall–Kier alpha value is -3.24. The van der Waals surface area contributed by atoms with Crippen molar-refractivity contribution in [2.75, 3.05) is 18.6 Å². The van der Waals surface area contributed by atoms with Gasteiger partial charge in [0.15, 0.2) is 23.4 Å². The molecule has 0 bridgehead atoms. The Balaban J connectivity index is 1.47. The Bertz CT molecular complexity index is 1510. The molecule has 0 saturated heterocycles. The van der Waals surface area contributed by atoms with Crippen molar-refractivity contribution in [2.45, 2.75) is 6.10 Å². The van der Waals surface area contributed by atoms with Crippen molar-refractivity contribution in [3.63, 3.8) is 0 Å². The van der Waals surface area contributed by atoms with Gasteiger partial charge in [-0.25, -0.2) is 0 Å². The lowest BCUT2D eigenvalue weighted by Crippen LogP contribution is -2.31. The molecule has 2 aliphatic heterocycles. The average molecular weight is 497 g/mol. The van der Waals surface area contributed by atoms with Gasteiger partial charge in [0.25, 0.3) is 11.5 Å². The molecule has 4 aromatic rings. The number of hydrogen-bond acceptors (Lipinski definition) is 7. The van der Waals surface area contributed by atoms with E-state index in [0.717, 1.165) is 21.5 Å². The maximum atomic E-state index is 13.2. The zero-order valence-electron chi connectivity index (χ0n) is 16.0. The fourth-order valence-corrected chi connectivity index (χ4v) is 5.16. The number of halogens is 1. The van der Waals surface area contributed by atoms with E-state index in [1.807, 2.05) is 42.5 Å². The zero-order valence-corrected chi connectivity index (χ0v) is 18.4. The summed E-state index contributed by atoms with van der Waals surface area (Å²) in [4.78, 5) is 32.5. The summed E-state index contributed by atoms with van der Waals surface area (Å²) in [6.07, 6.45) is -0.520. The molecule has 1 atom stereocenters. The van der Waals surface area contributed by atoms with Gasteiger partial charge >= 0.3 is 0 Å². The van der Waals surface area contributed by atoms with E-state index in [9.17, 15) is 9.59 Å². The highest BCUT2D eigenvalue weighted by molar-refractivity contribution is 9.10. The number of rotatable bonds is 1. The van der Waals surface area contributed by atoms with Crippen molar-refractivity contribution in [3.8, 4) is 11.5 Å². The number of ether oxygens (including phenoxy) is 2. The van der Waals surface area contributed by atoms with Gasteiger partial charge in [0.1, 0.15) is 11.1 Å². The van der Waals surface area contributed by atoms with Gasteiger partial charge in [0.2, 0.25) is 4.96 Å². The van der Waals surface area contributed by atoms with Gasteiger partial charge in [-0.3, -0.25) is 9.59 Å². The second-order valence-electron chi connectivity index (χ2n) is 7.17. The largest absolute Gasteiger partial charge is 0.485 e. The number of carbonyl (C=O) groups is 1. The van der Waals surface area contributed by atoms with Crippen LogP contribution in [0.15, 0.2) is 51.7 Å². The number of amides is 1. The normalized spacial score (nSPS) is 19.2. The van der Waals surface area contributed by atoms with Crippen molar-refractivity contribution in [1.82, 2.24) is 14.6 Å². The van der Waals surface area contributed by atoms with Crippen LogP contribution >= 0.6 is 27.3 Å². The predicted octanol–water partition coefficient (Wildman–Crippen LogP) is 2.32. The number of fused-ring (bicyclic) bond motifs is 3. The van der Waals surface area contributed by atoms with Crippen LogP contribution in [0.25, 0.3) is 10.5 Å². The molecule has 6 rings (SSSR count). The van der Waals surface area contributed by atoms with Gasteiger partial charge < -0.3 is 14.4 Å². The number of hydrogen-bond donors (Lipinski definition) is 0. The lowest BCUT2D eigenvalue weighted by molar-refractivity contribution is -0.112. The molecule has 2 aromatic heterocycles. The highest BCUT2D eigenvalue weighted by atomic mass is 79.9. The molecular formula is C21H13BrN4O4S. The predicted molar refractivity (Wildman–Crippen MR) is 118 cm³/mol. The quantitative estimate of drug-likeness (QED) is 0.402. The minimum atomic E-state index is -0.520. The van der Waals surface area contributed by atoms with Gasteiger partial charge in [0, 0.05) is 17.1 Å². The van der Waals surface area contributed by atoms with Crippen molar-refractivity contribution in [2.24, 2.45) is 0 Å². The molecule has 31 heavy (non-hydrogen) atoms. The summed E-state index contributed by atoms with van der Waals surface area (Å²) >= 11 is 4.59. The summed E-state index contributed by atoms with van der Waals surface area (Å²) in [6, 6.07) is 12.9. The Morgan fingerprint density at radius 2 is 1.97 bits per heavy atom. The number of nitrogens with zero attached hydrogens (tertiary/aromatic N) is 4. The third-order valence-corrected chi connectivity index (χ3v) is 6.83. The van der Waals surface area contributed by atoms with E-state index in [4.69, 9.17) is 9.47 Å². The first-order valence-corrected chi connectivity index (χ1v) is 11.0. The first-order chi connectivity index (χ1) is 15.0. The molecule has 4 heterocycles. The molecule has 1 unspecified atom stereocenters. The van der Waals surface area contributed by atoms with Crippen LogP contribution in [-0.2, 0) is 4.79 Å². The highest BCUT2D eigenvalue weighted by Gasteiger charge is 2.33. The van der Waals surface area contributed by atoms with Gasteiger partial charge in [0.05, 0.1) is 11.3 Å². The second kappa shape index (κ2) is 6.63. The monoisotopic (exact) mass is 496 g/mol. The summed E-state index contributed by atoms with van der Waals surface area (Å²) in [7, 11) is 1.69. The standard InChI is InChI=1S/C21H13BrN4O4S/c1-25-12-7-6-10(22)8-11(12)16(19(25)27)17-20(28)26-21(31-17)23-18(24-26)15-9-29-13-4-2-3-5-14(13)30-15/h2-8,15H,9H2,1H3/b17-16-. The molecule has 154 valence electrons. The van der Waals surface area contributed by atoms with Crippen LogP contribution < -0.4 is 24.5 Å². The summed E-state index contributed by atoms with van der Waals surface area (Å²) in [6.45, 7) is 0.248. The van der Waals surface area contributed by atoms with Crippen molar-refractivity contribution >= 4 is 49.4 Å². The van der Waals surface area contributed by atoms with E-state index in [1.54, 1.807) is 11.9 Å². The van der Waals surface area contributed by atoms with Crippen molar-refractivity contribution in [1.29, 1.82) is 0 Å². The minimum Gasteiger partial charge on any atom is -0.485 e. The molecule has 0 spiro atoms. The SMILES string of the molecule is CN1C(=O)/C(=c2\sc3nc(C4COc5ccccc5O4)nn3c2=O)c2cc(Br)ccc21. The molecule has 2 aromatic carbocycles. The number of benzene rings is 2. The average Bonchev–Trinajstić information content (AvgIpc) is 3.40.